The van der Waals surface area contributed by atoms with Crippen LogP contribution in [0.25, 0.3) is 0 Å². The van der Waals surface area contributed by atoms with Gasteiger partial charge in [-0.3, -0.25) is 4.79 Å². The van der Waals surface area contributed by atoms with Crippen LogP contribution in [0, 0.1) is 0 Å². The van der Waals surface area contributed by atoms with Crippen molar-refractivity contribution in [1.29, 1.82) is 0 Å². The minimum atomic E-state index is -0.0699. The van der Waals surface area contributed by atoms with Gasteiger partial charge in [0.15, 0.2) is 11.5 Å². The number of halogens is 1. The molecule has 1 aromatic carbocycles. The highest BCUT2D eigenvalue weighted by molar-refractivity contribution is 9.10. The first-order valence-corrected chi connectivity index (χ1v) is 6.76. The molecule has 0 saturated heterocycles. The summed E-state index contributed by atoms with van der Waals surface area (Å²) in [6.45, 7) is 2.45. The monoisotopic (exact) mass is 313 g/mol. The van der Waals surface area contributed by atoms with Gasteiger partial charge < -0.3 is 14.8 Å². The van der Waals surface area contributed by atoms with Gasteiger partial charge in [0.1, 0.15) is 0 Å². The molecule has 98 valence electrons. The molecule has 0 aromatic heterocycles. The third-order valence-corrected chi connectivity index (χ3v) is 3.28. The lowest BCUT2D eigenvalue weighted by molar-refractivity contribution is 0.0950. The van der Waals surface area contributed by atoms with Crippen molar-refractivity contribution in [2.24, 2.45) is 0 Å². The zero-order valence-electron chi connectivity index (χ0n) is 10.5. The quantitative estimate of drug-likeness (QED) is 0.909. The molecule has 18 heavy (non-hydrogen) atoms. The molecule has 0 aliphatic heterocycles. The van der Waals surface area contributed by atoms with Gasteiger partial charge in [-0.2, -0.15) is 0 Å². The predicted molar refractivity (Wildman–Crippen MR) is 72.4 cm³/mol. The first-order valence-electron chi connectivity index (χ1n) is 5.97. The van der Waals surface area contributed by atoms with Crippen molar-refractivity contribution >= 4 is 21.8 Å². The van der Waals surface area contributed by atoms with Crippen LogP contribution in [-0.4, -0.2) is 25.7 Å². The van der Waals surface area contributed by atoms with Gasteiger partial charge >= 0.3 is 0 Å². The van der Waals surface area contributed by atoms with Crippen LogP contribution in [-0.2, 0) is 0 Å². The molecular formula is C13H16BrNO3. The van der Waals surface area contributed by atoms with E-state index in [2.05, 4.69) is 21.2 Å². The summed E-state index contributed by atoms with van der Waals surface area (Å²) in [6, 6.07) is 3.80. The minimum absolute atomic E-state index is 0.0699. The van der Waals surface area contributed by atoms with Gasteiger partial charge in [-0.25, -0.2) is 0 Å². The summed E-state index contributed by atoms with van der Waals surface area (Å²) in [5.41, 5.74) is 0.578. The van der Waals surface area contributed by atoms with Gasteiger partial charge in [-0.15, -0.1) is 0 Å². The fourth-order valence-electron chi connectivity index (χ4n) is 1.63. The molecule has 2 rings (SSSR count). The molecule has 0 bridgehead atoms. The van der Waals surface area contributed by atoms with Gasteiger partial charge in [0.25, 0.3) is 5.91 Å². The largest absolute Gasteiger partial charge is 0.493 e. The summed E-state index contributed by atoms with van der Waals surface area (Å²) in [5.74, 6) is 1.12. The van der Waals surface area contributed by atoms with E-state index in [9.17, 15) is 4.79 Å². The molecular weight excluding hydrogens is 298 g/mol. The fraction of sp³-hybridized carbons (Fsp3) is 0.462. The molecule has 1 N–H and O–H groups in total. The average molecular weight is 314 g/mol. The Hall–Kier alpha value is -1.23. The second kappa shape index (κ2) is 5.61. The van der Waals surface area contributed by atoms with E-state index in [0.29, 0.717) is 29.7 Å². The Morgan fingerprint density at radius 3 is 2.78 bits per heavy atom. The van der Waals surface area contributed by atoms with Crippen molar-refractivity contribution in [3.63, 3.8) is 0 Å². The van der Waals surface area contributed by atoms with E-state index < -0.39 is 0 Å². The van der Waals surface area contributed by atoms with Crippen molar-refractivity contribution in [3.8, 4) is 11.5 Å². The van der Waals surface area contributed by atoms with E-state index >= 15 is 0 Å². The number of methoxy groups -OCH3 is 1. The Morgan fingerprint density at radius 1 is 1.50 bits per heavy atom. The number of amides is 1. The molecule has 1 aliphatic carbocycles. The summed E-state index contributed by atoms with van der Waals surface area (Å²) in [6.07, 6.45) is 2.14. The van der Waals surface area contributed by atoms with Gasteiger partial charge in [0, 0.05) is 11.6 Å². The number of benzene rings is 1. The molecule has 0 unspecified atom stereocenters. The predicted octanol–water partition coefficient (Wildman–Crippen LogP) is 2.75. The van der Waals surface area contributed by atoms with Crippen molar-refractivity contribution in [3.05, 3.63) is 22.2 Å². The van der Waals surface area contributed by atoms with Crippen LogP contribution in [0.5, 0.6) is 11.5 Å². The van der Waals surface area contributed by atoms with Crippen LogP contribution < -0.4 is 14.8 Å². The summed E-state index contributed by atoms with van der Waals surface area (Å²) >= 11 is 3.40. The first kappa shape index (κ1) is 13.2. The third kappa shape index (κ3) is 2.96. The number of carbonyl (C=O) groups is 1. The molecule has 0 heterocycles. The maximum atomic E-state index is 12.0. The number of hydrogen-bond acceptors (Lipinski definition) is 3. The number of carbonyl (C=O) groups excluding carboxylic acids is 1. The Bertz CT molecular complexity index is 458. The van der Waals surface area contributed by atoms with Crippen LogP contribution in [0.4, 0.5) is 0 Å². The highest BCUT2D eigenvalue weighted by Gasteiger charge is 2.24. The van der Waals surface area contributed by atoms with Crippen molar-refractivity contribution in [2.45, 2.75) is 25.8 Å². The zero-order valence-corrected chi connectivity index (χ0v) is 12.0. The van der Waals surface area contributed by atoms with Gasteiger partial charge in [0.05, 0.1) is 18.2 Å². The summed E-state index contributed by atoms with van der Waals surface area (Å²) in [5, 5.41) is 2.94. The standard InChI is InChI=1S/C13H16BrNO3/c1-3-18-12-10(14)6-8(7-11(12)17-2)13(16)15-9-4-5-9/h6-7,9H,3-5H2,1-2H3,(H,15,16). The molecule has 1 fully saturated rings. The molecule has 1 aromatic rings. The normalized spacial score (nSPS) is 14.2. The summed E-state index contributed by atoms with van der Waals surface area (Å²) < 4.78 is 11.5. The highest BCUT2D eigenvalue weighted by atomic mass is 79.9. The van der Waals surface area contributed by atoms with Gasteiger partial charge in [-0.05, 0) is 47.8 Å². The molecule has 0 spiro atoms. The van der Waals surface area contributed by atoms with Crippen LogP contribution in [0.3, 0.4) is 0 Å². The summed E-state index contributed by atoms with van der Waals surface area (Å²) in [4.78, 5) is 12.0. The molecule has 1 aliphatic rings. The number of nitrogens with one attached hydrogen (secondary N) is 1. The molecule has 1 saturated carbocycles. The molecule has 4 nitrogen and oxygen atoms in total. The van der Waals surface area contributed by atoms with E-state index in [1.807, 2.05) is 6.92 Å². The third-order valence-electron chi connectivity index (χ3n) is 2.69. The molecule has 0 radical (unpaired) electrons. The summed E-state index contributed by atoms with van der Waals surface area (Å²) in [7, 11) is 1.56. The fourth-order valence-corrected chi connectivity index (χ4v) is 2.19. The van der Waals surface area contributed by atoms with Crippen LogP contribution in [0.2, 0.25) is 0 Å². The Kier molecular flexibility index (Phi) is 4.11. The van der Waals surface area contributed by atoms with Crippen LogP contribution >= 0.6 is 15.9 Å². The Morgan fingerprint density at radius 2 is 2.22 bits per heavy atom. The Labute approximate surface area is 115 Å². The van der Waals surface area contributed by atoms with Crippen molar-refractivity contribution in [1.82, 2.24) is 5.32 Å². The van der Waals surface area contributed by atoms with E-state index in [0.717, 1.165) is 17.3 Å². The second-order valence-electron chi connectivity index (χ2n) is 4.17. The first-order chi connectivity index (χ1) is 8.65. The van der Waals surface area contributed by atoms with Crippen LogP contribution in [0.15, 0.2) is 16.6 Å². The maximum absolute atomic E-state index is 12.0. The van der Waals surface area contributed by atoms with E-state index in [-0.39, 0.29) is 5.91 Å². The van der Waals surface area contributed by atoms with Gasteiger partial charge in [0.2, 0.25) is 0 Å². The lowest BCUT2D eigenvalue weighted by Crippen LogP contribution is -2.25. The highest BCUT2D eigenvalue weighted by Crippen LogP contribution is 2.36. The second-order valence-corrected chi connectivity index (χ2v) is 5.02. The Balaban J connectivity index is 2.25. The lowest BCUT2D eigenvalue weighted by Gasteiger charge is -2.13. The number of ether oxygens (including phenoxy) is 2. The average Bonchev–Trinajstić information content (AvgIpc) is 3.15. The number of hydrogen-bond donors (Lipinski definition) is 1. The zero-order chi connectivity index (χ0) is 13.1. The van der Waals surface area contributed by atoms with Crippen molar-refractivity contribution < 1.29 is 14.3 Å². The smallest absolute Gasteiger partial charge is 0.251 e. The number of rotatable bonds is 5. The van der Waals surface area contributed by atoms with Gasteiger partial charge in [-0.1, -0.05) is 0 Å². The lowest BCUT2D eigenvalue weighted by atomic mass is 10.2. The van der Waals surface area contributed by atoms with E-state index in [1.54, 1.807) is 19.2 Å². The SMILES string of the molecule is CCOc1c(Br)cc(C(=O)NC2CC2)cc1OC. The molecule has 5 heteroatoms. The van der Waals surface area contributed by atoms with Crippen molar-refractivity contribution in [2.75, 3.05) is 13.7 Å². The molecule has 1 amide bonds. The minimum Gasteiger partial charge on any atom is -0.493 e. The van der Waals surface area contributed by atoms with Crippen LogP contribution in [0.1, 0.15) is 30.1 Å². The maximum Gasteiger partial charge on any atom is 0.251 e. The van der Waals surface area contributed by atoms with E-state index in [4.69, 9.17) is 9.47 Å². The topological polar surface area (TPSA) is 47.6 Å². The van der Waals surface area contributed by atoms with E-state index in [1.165, 1.54) is 0 Å². The molecule has 0 atom stereocenters.